The third-order valence-corrected chi connectivity index (χ3v) is 1.29. The first-order chi connectivity index (χ1) is 6.02. The van der Waals surface area contributed by atoms with Crippen LogP contribution >= 0.6 is 0 Å². The smallest absolute Gasteiger partial charge is 0.307 e. The number of hydrogen-bond acceptors (Lipinski definition) is 4. The van der Waals surface area contributed by atoms with Crippen LogP contribution in [0, 0.1) is 0 Å². The van der Waals surface area contributed by atoms with Gasteiger partial charge in [-0.15, -0.1) is 0 Å². The molecule has 0 aromatic carbocycles. The van der Waals surface area contributed by atoms with Crippen LogP contribution in [0.5, 0.6) is 0 Å². The number of carbonyl (C=O) groups is 2. The molecule has 0 atom stereocenters. The second-order valence-corrected chi connectivity index (χ2v) is 2.93. The Morgan fingerprint density at radius 1 is 1.38 bits per heavy atom. The molecule has 0 aliphatic rings. The molecule has 0 saturated carbocycles. The fraction of sp³-hybridized carbons (Fsp3) is 0.556. The van der Waals surface area contributed by atoms with Crippen LogP contribution in [0.2, 0.25) is 0 Å². The van der Waals surface area contributed by atoms with Crippen molar-refractivity contribution in [3.8, 4) is 0 Å². The molecular weight excluding hydrogens is 170 g/mol. The van der Waals surface area contributed by atoms with Gasteiger partial charge in [-0.1, -0.05) is 0 Å². The molecule has 0 aliphatic heterocycles. The Hall–Kier alpha value is -1.16. The Bertz CT molecular complexity index is 209. The quantitative estimate of drug-likeness (QED) is 0.357. The third-order valence-electron chi connectivity index (χ3n) is 1.29. The molecule has 0 saturated heterocycles. The maximum absolute atomic E-state index is 11.0. The number of ether oxygens (including phenoxy) is 1. The Kier molecular flexibility index (Phi) is 5.80. The van der Waals surface area contributed by atoms with E-state index in [1.165, 1.54) is 13.0 Å². The van der Waals surface area contributed by atoms with Crippen LogP contribution in [0.4, 0.5) is 0 Å². The number of nitrogens with zero attached hydrogens (tertiary/aromatic N) is 1. The molecule has 74 valence electrons. The van der Waals surface area contributed by atoms with Crippen molar-refractivity contribution in [2.24, 2.45) is 0 Å². The first kappa shape index (κ1) is 11.8. The number of ketones is 1. The molecule has 13 heavy (non-hydrogen) atoms. The molecule has 0 aliphatic carbocycles. The summed E-state index contributed by atoms with van der Waals surface area (Å²) in [7, 11) is 3.78. The minimum absolute atomic E-state index is 0.0463. The highest BCUT2D eigenvalue weighted by atomic mass is 16.5. The summed E-state index contributed by atoms with van der Waals surface area (Å²) in [6, 6.07) is 0. The van der Waals surface area contributed by atoms with E-state index in [4.69, 9.17) is 0 Å². The first-order valence-electron chi connectivity index (χ1n) is 4.03. The SMILES string of the molecule is CC(=O)O/C=C/C(=O)CCN(C)C. The van der Waals surface area contributed by atoms with Gasteiger partial charge in [-0.2, -0.15) is 0 Å². The zero-order valence-electron chi connectivity index (χ0n) is 8.24. The summed E-state index contributed by atoms with van der Waals surface area (Å²) < 4.78 is 4.47. The van der Waals surface area contributed by atoms with Crippen LogP contribution in [0.3, 0.4) is 0 Å². The molecule has 0 radical (unpaired) electrons. The largest absolute Gasteiger partial charge is 0.435 e. The van der Waals surface area contributed by atoms with Gasteiger partial charge in [-0.05, 0) is 14.1 Å². The molecule has 0 unspecified atom stereocenters. The van der Waals surface area contributed by atoms with Crippen molar-refractivity contribution in [3.63, 3.8) is 0 Å². The van der Waals surface area contributed by atoms with E-state index in [0.29, 0.717) is 13.0 Å². The van der Waals surface area contributed by atoms with Gasteiger partial charge in [0.1, 0.15) is 0 Å². The highest BCUT2D eigenvalue weighted by molar-refractivity contribution is 5.89. The molecule has 0 N–H and O–H groups in total. The Labute approximate surface area is 78.2 Å². The zero-order chi connectivity index (χ0) is 10.3. The van der Waals surface area contributed by atoms with E-state index in [0.717, 1.165) is 6.26 Å². The highest BCUT2D eigenvalue weighted by Crippen LogP contribution is 1.89. The van der Waals surface area contributed by atoms with Gasteiger partial charge < -0.3 is 9.64 Å². The monoisotopic (exact) mass is 185 g/mol. The number of carbonyl (C=O) groups excluding carboxylic acids is 2. The van der Waals surface area contributed by atoms with Crippen molar-refractivity contribution >= 4 is 11.8 Å². The van der Waals surface area contributed by atoms with Crippen LogP contribution in [-0.2, 0) is 14.3 Å². The lowest BCUT2D eigenvalue weighted by atomic mass is 10.3. The lowest BCUT2D eigenvalue weighted by molar-refractivity contribution is -0.135. The van der Waals surface area contributed by atoms with Crippen molar-refractivity contribution in [3.05, 3.63) is 12.3 Å². The van der Waals surface area contributed by atoms with E-state index in [9.17, 15) is 9.59 Å². The zero-order valence-corrected chi connectivity index (χ0v) is 8.24. The van der Waals surface area contributed by atoms with E-state index in [2.05, 4.69) is 4.74 Å². The molecule has 0 aromatic heterocycles. The van der Waals surface area contributed by atoms with Crippen molar-refractivity contribution in [2.75, 3.05) is 20.6 Å². The maximum Gasteiger partial charge on any atom is 0.307 e. The lowest BCUT2D eigenvalue weighted by Crippen LogP contribution is -2.15. The molecule has 0 spiro atoms. The molecule has 4 nitrogen and oxygen atoms in total. The van der Waals surface area contributed by atoms with Crippen LogP contribution in [0.15, 0.2) is 12.3 Å². The third kappa shape index (κ3) is 8.75. The average molecular weight is 185 g/mol. The van der Waals surface area contributed by atoms with Crippen LogP contribution in [0.25, 0.3) is 0 Å². The summed E-state index contributed by atoms with van der Waals surface area (Å²) in [4.78, 5) is 23.2. The van der Waals surface area contributed by atoms with Crippen LogP contribution < -0.4 is 0 Å². The Balaban J connectivity index is 3.61. The van der Waals surface area contributed by atoms with Gasteiger partial charge in [-0.3, -0.25) is 9.59 Å². The van der Waals surface area contributed by atoms with Gasteiger partial charge in [0.15, 0.2) is 5.78 Å². The summed E-state index contributed by atoms with van der Waals surface area (Å²) in [5, 5.41) is 0. The van der Waals surface area contributed by atoms with Crippen molar-refractivity contribution < 1.29 is 14.3 Å². The molecule has 0 fully saturated rings. The number of esters is 1. The van der Waals surface area contributed by atoms with E-state index >= 15 is 0 Å². The lowest BCUT2D eigenvalue weighted by Gasteiger charge is -2.05. The molecule has 0 rings (SSSR count). The molecule has 0 aromatic rings. The van der Waals surface area contributed by atoms with Gasteiger partial charge in [-0.25, -0.2) is 0 Å². The predicted molar refractivity (Wildman–Crippen MR) is 49.1 cm³/mol. The second kappa shape index (κ2) is 6.37. The van der Waals surface area contributed by atoms with Crippen LogP contribution in [0.1, 0.15) is 13.3 Å². The summed E-state index contributed by atoms with van der Waals surface area (Å²) in [6.07, 6.45) is 2.83. The summed E-state index contributed by atoms with van der Waals surface area (Å²) in [6.45, 7) is 1.98. The minimum Gasteiger partial charge on any atom is -0.435 e. The van der Waals surface area contributed by atoms with Gasteiger partial charge in [0, 0.05) is 26.0 Å². The molecule has 0 bridgehead atoms. The summed E-state index contributed by atoms with van der Waals surface area (Å²) >= 11 is 0. The Morgan fingerprint density at radius 2 is 2.00 bits per heavy atom. The molecule has 0 amide bonds. The number of hydrogen-bond donors (Lipinski definition) is 0. The maximum atomic E-state index is 11.0. The van der Waals surface area contributed by atoms with Gasteiger partial charge in [0.05, 0.1) is 6.26 Å². The van der Waals surface area contributed by atoms with E-state index < -0.39 is 5.97 Å². The molecule has 4 heteroatoms. The predicted octanol–water partition coefficient (Wildman–Crippen LogP) is 0.584. The normalized spacial score (nSPS) is 10.8. The summed E-state index contributed by atoms with van der Waals surface area (Å²) in [5.74, 6) is -0.466. The van der Waals surface area contributed by atoms with E-state index in [-0.39, 0.29) is 5.78 Å². The fourth-order valence-corrected chi connectivity index (χ4v) is 0.623. The van der Waals surface area contributed by atoms with Gasteiger partial charge >= 0.3 is 5.97 Å². The minimum atomic E-state index is -0.420. The Morgan fingerprint density at radius 3 is 2.46 bits per heavy atom. The standard InChI is InChI=1S/C9H15NO3/c1-8(11)13-7-5-9(12)4-6-10(2)3/h5,7H,4,6H2,1-3H3/b7-5+. The van der Waals surface area contributed by atoms with Gasteiger partial charge in [0.2, 0.25) is 0 Å². The van der Waals surface area contributed by atoms with Crippen molar-refractivity contribution in [1.29, 1.82) is 0 Å². The topological polar surface area (TPSA) is 46.6 Å². The van der Waals surface area contributed by atoms with Crippen molar-refractivity contribution in [1.82, 2.24) is 4.90 Å². The van der Waals surface area contributed by atoms with Crippen molar-refractivity contribution in [2.45, 2.75) is 13.3 Å². The second-order valence-electron chi connectivity index (χ2n) is 2.93. The highest BCUT2D eigenvalue weighted by Gasteiger charge is 1.97. The van der Waals surface area contributed by atoms with Gasteiger partial charge in [0.25, 0.3) is 0 Å². The summed E-state index contributed by atoms with van der Waals surface area (Å²) in [5.41, 5.74) is 0. The van der Waals surface area contributed by atoms with E-state index in [1.54, 1.807) is 0 Å². The molecule has 0 heterocycles. The van der Waals surface area contributed by atoms with E-state index in [1.807, 2.05) is 19.0 Å². The fourth-order valence-electron chi connectivity index (χ4n) is 0.623. The van der Waals surface area contributed by atoms with Crippen LogP contribution in [-0.4, -0.2) is 37.3 Å². The average Bonchev–Trinajstić information content (AvgIpc) is 2.00. The number of allylic oxidation sites excluding steroid dienone is 1. The molecular formula is C9H15NO3. The first-order valence-corrected chi connectivity index (χ1v) is 4.03. The number of rotatable bonds is 5.